The molecule has 0 aliphatic carbocycles. The third-order valence-corrected chi connectivity index (χ3v) is 2.65. The summed E-state index contributed by atoms with van der Waals surface area (Å²) in [5.41, 5.74) is 0. The summed E-state index contributed by atoms with van der Waals surface area (Å²) >= 11 is 0. The molecule has 2 rings (SSSR count). The van der Waals surface area contributed by atoms with Crippen molar-refractivity contribution in [1.82, 2.24) is 15.2 Å². The topological polar surface area (TPSA) is 79.9 Å². The van der Waals surface area contributed by atoms with Gasteiger partial charge in [-0.15, -0.1) is 5.10 Å². The SMILES string of the molecule is O=C(CCCOc1ccccc1F)Nc1n[nH]c(C(F)(F)F)n1. The lowest BCUT2D eigenvalue weighted by atomic mass is 10.3. The maximum atomic E-state index is 13.2. The summed E-state index contributed by atoms with van der Waals surface area (Å²) in [7, 11) is 0. The fourth-order valence-electron chi connectivity index (χ4n) is 1.61. The van der Waals surface area contributed by atoms with Crippen LogP contribution < -0.4 is 10.1 Å². The molecule has 2 aromatic rings. The Morgan fingerprint density at radius 2 is 2.04 bits per heavy atom. The average molecular weight is 332 g/mol. The molecule has 0 aliphatic heterocycles. The molecular formula is C13H12F4N4O2. The number of amides is 1. The van der Waals surface area contributed by atoms with Gasteiger partial charge in [0, 0.05) is 6.42 Å². The normalized spacial score (nSPS) is 11.3. The van der Waals surface area contributed by atoms with E-state index in [0.29, 0.717) is 0 Å². The zero-order chi connectivity index (χ0) is 16.9. The number of halogens is 4. The van der Waals surface area contributed by atoms with E-state index in [2.05, 4.69) is 15.4 Å². The molecule has 0 atom stereocenters. The fourth-order valence-corrected chi connectivity index (χ4v) is 1.61. The van der Waals surface area contributed by atoms with Gasteiger partial charge in [-0.05, 0) is 18.6 Å². The van der Waals surface area contributed by atoms with Gasteiger partial charge in [-0.3, -0.25) is 15.2 Å². The van der Waals surface area contributed by atoms with Gasteiger partial charge in [0.2, 0.25) is 17.7 Å². The number of hydrogen-bond donors (Lipinski definition) is 2. The van der Waals surface area contributed by atoms with Gasteiger partial charge >= 0.3 is 6.18 Å². The van der Waals surface area contributed by atoms with Crippen LogP contribution in [0.2, 0.25) is 0 Å². The molecule has 0 radical (unpaired) electrons. The Morgan fingerprint density at radius 1 is 1.30 bits per heavy atom. The smallest absolute Gasteiger partial charge is 0.451 e. The molecule has 124 valence electrons. The summed E-state index contributed by atoms with van der Waals surface area (Å²) < 4.78 is 55.3. The van der Waals surface area contributed by atoms with Crippen molar-refractivity contribution in [2.24, 2.45) is 0 Å². The second kappa shape index (κ2) is 7.07. The molecule has 23 heavy (non-hydrogen) atoms. The summed E-state index contributed by atoms with van der Waals surface area (Å²) in [5.74, 6) is -2.78. The second-order valence-corrected chi connectivity index (χ2v) is 4.44. The Morgan fingerprint density at radius 3 is 2.70 bits per heavy atom. The largest absolute Gasteiger partial charge is 0.491 e. The van der Waals surface area contributed by atoms with Gasteiger partial charge in [0.05, 0.1) is 6.61 Å². The standard InChI is InChI=1S/C13H12F4N4O2/c14-8-4-1-2-5-9(8)23-7-3-6-10(22)18-12-19-11(20-21-12)13(15,16)17/h1-2,4-5H,3,6-7H2,(H2,18,19,20,21,22). The number of aromatic amines is 1. The van der Waals surface area contributed by atoms with Crippen LogP contribution in [-0.2, 0) is 11.0 Å². The summed E-state index contributed by atoms with van der Waals surface area (Å²) in [5, 5.41) is 7.04. The molecule has 0 bridgehead atoms. The summed E-state index contributed by atoms with van der Waals surface area (Å²) in [4.78, 5) is 14.6. The van der Waals surface area contributed by atoms with Gasteiger partial charge in [0.25, 0.3) is 0 Å². The number of aromatic nitrogens is 3. The number of alkyl halides is 3. The van der Waals surface area contributed by atoms with E-state index < -0.39 is 29.7 Å². The van der Waals surface area contributed by atoms with E-state index in [1.165, 1.54) is 18.2 Å². The predicted octanol–water partition coefficient (Wildman–Crippen LogP) is 2.76. The molecule has 6 nitrogen and oxygen atoms in total. The zero-order valence-corrected chi connectivity index (χ0v) is 11.7. The molecule has 1 heterocycles. The van der Waals surface area contributed by atoms with Crippen LogP contribution in [0.25, 0.3) is 0 Å². The van der Waals surface area contributed by atoms with Gasteiger partial charge in [-0.25, -0.2) is 4.39 Å². The van der Waals surface area contributed by atoms with Crippen LogP contribution in [0, 0.1) is 5.82 Å². The van der Waals surface area contributed by atoms with E-state index in [-0.39, 0.29) is 25.2 Å². The molecule has 0 aliphatic rings. The maximum Gasteiger partial charge on any atom is 0.451 e. The number of rotatable bonds is 6. The highest BCUT2D eigenvalue weighted by molar-refractivity contribution is 5.88. The number of carbonyl (C=O) groups is 1. The third-order valence-electron chi connectivity index (χ3n) is 2.65. The molecular weight excluding hydrogens is 320 g/mol. The minimum Gasteiger partial charge on any atom is -0.491 e. The highest BCUT2D eigenvalue weighted by atomic mass is 19.4. The summed E-state index contributed by atoms with van der Waals surface area (Å²) in [6, 6.07) is 5.81. The van der Waals surface area contributed by atoms with Crippen LogP contribution in [0.15, 0.2) is 24.3 Å². The van der Waals surface area contributed by atoms with Crippen molar-refractivity contribution in [3.8, 4) is 5.75 Å². The molecule has 1 aromatic heterocycles. The average Bonchev–Trinajstić information content (AvgIpc) is 2.94. The molecule has 0 spiro atoms. The highest BCUT2D eigenvalue weighted by Crippen LogP contribution is 2.26. The number of ether oxygens (including phenoxy) is 1. The molecule has 1 amide bonds. The van der Waals surface area contributed by atoms with Crippen molar-refractivity contribution >= 4 is 11.9 Å². The van der Waals surface area contributed by atoms with E-state index in [9.17, 15) is 22.4 Å². The number of H-pyrrole nitrogens is 1. The minimum absolute atomic E-state index is 0.0374. The van der Waals surface area contributed by atoms with Crippen LogP contribution in [0.3, 0.4) is 0 Å². The lowest BCUT2D eigenvalue weighted by molar-refractivity contribution is -0.144. The zero-order valence-electron chi connectivity index (χ0n) is 11.7. The number of carbonyl (C=O) groups excluding carboxylic acids is 1. The van der Waals surface area contributed by atoms with Gasteiger partial charge in [0.1, 0.15) is 0 Å². The lowest BCUT2D eigenvalue weighted by Crippen LogP contribution is -2.14. The Labute approximate surface area is 127 Å². The molecule has 0 unspecified atom stereocenters. The van der Waals surface area contributed by atoms with Crippen molar-refractivity contribution in [3.63, 3.8) is 0 Å². The summed E-state index contributed by atoms with van der Waals surface area (Å²) in [6.45, 7) is 0.0795. The van der Waals surface area contributed by atoms with Gasteiger partial charge < -0.3 is 4.74 Å². The van der Waals surface area contributed by atoms with Crippen molar-refractivity contribution < 1.29 is 27.1 Å². The van der Waals surface area contributed by atoms with E-state index in [4.69, 9.17) is 4.74 Å². The number of nitrogens with zero attached hydrogens (tertiary/aromatic N) is 2. The van der Waals surface area contributed by atoms with Crippen molar-refractivity contribution in [2.75, 3.05) is 11.9 Å². The lowest BCUT2D eigenvalue weighted by Gasteiger charge is -2.06. The first-order valence-corrected chi connectivity index (χ1v) is 6.53. The van der Waals surface area contributed by atoms with Crippen molar-refractivity contribution in [3.05, 3.63) is 35.9 Å². The molecule has 0 saturated carbocycles. The van der Waals surface area contributed by atoms with Gasteiger partial charge in [0.15, 0.2) is 11.6 Å². The first-order valence-electron chi connectivity index (χ1n) is 6.53. The molecule has 10 heteroatoms. The van der Waals surface area contributed by atoms with Crippen LogP contribution in [-0.4, -0.2) is 27.7 Å². The molecule has 0 fully saturated rings. The Bertz CT molecular complexity index is 672. The predicted molar refractivity (Wildman–Crippen MR) is 71.1 cm³/mol. The van der Waals surface area contributed by atoms with Crippen LogP contribution >= 0.6 is 0 Å². The minimum atomic E-state index is -4.66. The second-order valence-electron chi connectivity index (χ2n) is 4.44. The van der Waals surface area contributed by atoms with Crippen molar-refractivity contribution in [1.29, 1.82) is 0 Å². The maximum absolute atomic E-state index is 13.2. The van der Waals surface area contributed by atoms with E-state index in [0.717, 1.165) is 0 Å². The Hall–Kier alpha value is -2.65. The quantitative estimate of drug-likeness (QED) is 0.630. The van der Waals surface area contributed by atoms with Gasteiger partial charge in [-0.2, -0.15) is 18.2 Å². The number of anilines is 1. The number of benzene rings is 1. The molecule has 1 aromatic carbocycles. The van der Waals surface area contributed by atoms with Crippen molar-refractivity contribution in [2.45, 2.75) is 19.0 Å². The number of hydrogen-bond acceptors (Lipinski definition) is 4. The summed E-state index contributed by atoms with van der Waals surface area (Å²) in [6.07, 6.45) is -4.45. The first kappa shape index (κ1) is 16.7. The molecule has 2 N–H and O–H groups in total. The van der Waals surface area contributed by atoms with E-state index >= 15 is 0 Å². The highest BCUT2D eigenvalue weighted by Gasteiger charge is 2.35. The first-order chi connectivity index (χ1) is 10.9. The molecule has 0 saturated heterocycles. The number of para-hydroxylation sites is 1. The fraction of sp³-hybridized carbons (Fsp3) is 0.308. The Kier molecular flexibility index (Phi) is 5.14. The third kappa shape index (κ3) is 4.94. The van der Waals surface area contributed by atoms with Gasteiger partial charge in [-0.1, -0.05) is 12.1 Å². The van der Waals surface area contributed by atoms with Crippen LogP contribution in [0.4, 0.5) is 23.5 Å². The number of nitrogens with one attached hydrogen (secondary N) is 2. The van der Waals surface area contributed by atoms with Crippen LogP contribution in [0.1, 0.15) is 18.7 Å². The van der Waals surface area contributed by atoms with E-state index in [1.807, 2.05) is 0 Å². The van der Waals surface area contributed by atoms with E-state index in [1.54, 1.807) is 11.2 Å². The van der Waals surface area contributed by atoms with Crippen LogP contribution in [0.5, 0.6) is 5.75 Å². The monoisotopic (exact) mass is 332 g/mol. The Balaban J connectivity index is 1.73.